The van der Waals surface area contributed by atoms with Gasteiger partial charge in [-0.1, -0.05) is 6.92 Å². The molecule has 2 aliphatic heterocycles. The molecule has 1 saturated heterocycles. The minimum Gasteiger partial charge on any atom is -0.353 e. The molecule has 0 saturated carbocycles. The molecule has 0 aromatic carbocycles. The van der Waals surface area contributed by atoms with Gasteiger partial charge in [0.15, 0.2) is 0 Å². The van der Waals surface area contributed by atoms with Crippen molar-refractivity contribution in [3.63, 3.8) is 0 Å². The number of nitrogens with one attached hydrogen (secondary N) is 1. The summed E-state index contributed by atoms with van der Waals surface area (Å²) >= 11 is 0. The van der Waals surface area contributed by atoms with E-state index in [1.807, 2.05) is 6.92 Å². The molecule has 25 heavy (non-hydrogen) atoms. The summed E-state index contributed by atoms with van der Waals surface area (Å²) in [6.45, 7) is 6.78. The SMILES string of the molecule is CCCn1nc2n(c1=O)CCC(NC(=O)CCCN1CCCC1)CC2. The van der Waals surface area contributed by atoms with Crippen molar-refractivity contribution >= 4 is 5.91 Å². The molecule has 0 spiro atoms. The van der Waals surface area contributed by atoms with Gasteiger partial charge in [0.05, 0.1) is 0 Å². The van der Waals surface area contributed by atoms with Crippen LogP contribution in [0.1, 0.15) is 57.7 Å². The first-order valence-corrected chi connectivity index (χ1v) is 9.85. The van der Waals surface area contributed by atoms with Gasteiger partial charge in [0.2, 0.25) is 5.91 Å². The summed E-state index contributed by atoms with van der Waals surface area (Å²) in [4.78, 5) is 27.0. The predicted molar refractivity (Wildman–Crippen MR) is 96.6 cm³/mol. The van der Waals surface area contributed by atoms with Crippen LogP contribution in [0.2, 0.25) is 0 Å². The van der Waals surface area contributed by atoms with Crippen molar-refractivity contribution in [3.8, 4) is 0 Å². The molecular formula is C18H31N5O2. The molecule has 0 bridgehead atoms. The third-order valence-electron chi connectivity index (χ3n) is 5.29. The second-order valence-corrected chi connectivity index (χ2v) is 7.32. The molecule has 0 aliphatic carbocycles. The van der Waals surface area contributed by atoms with Crippen molar-refractivity contribution in [1.82, 2.24) is 24.6 Å². The van der Waals surface area contributed by atoms with Gasteiger partial charge >= 0.3 is 5.69 Å². The minimum absolute atomic E-state index is 0.00515. The quantitative estimate of drug-likeness (QED) is 0.802. The highest BCUT2D eigenvalue weighted by Crippen LogP contribution is 2.13. The molecular weight excluding hydrogens is 318 g/mol. The van der Waals surface area contributed by atoms with E-state index in [4.69, 9.17) is 0 Å². The van der Waals surface area contributed by atoms with E-state index in [0.717, 1.165) is 44.5 Å². The Hall–Kier alpha value is -1.63. The molecule has 2 aliphatic rings. The minimum atomic E-state index is -0.00515. The molecule has 140 valence electrons. The van der Waals surface area contributed by atoms with Gasteiger partial charge in [0, 0.05) is 32.0 Å². The predicted octanol–water partition coefficient (Wildman–Crippen LogP) is 1.15. The van der Waals surface area contributed by atoms with Crippen molar-refractivity contribution in [2.45, 2.75) is 77.4 Å². The number of rotatable bonds is 7. The fourth-order valence-corrected chi connectivity index (χ4v) is 3.90. The Labute approximate surface area is 149 Å². The van der Waals surface area contributed by atoms with Gasteiger partial charge < -0.3 is 10.2 Å². The molecule has 3 rings (SSSR count). The Kier molecular flexibility index (Phi) is 6.29. The van der Waals surface area contributed by atoms with E-state index in [9.17, 15) is 9.59 Å². The molecule has 1 aromatic heterocycles. The van der Waals surface area contributed by atoms with Crippen LogP contribution in [-0.4, -0.2) is 50.8 Å². The molecule has 1 N–H and O–H groups in total. The van der Waals surface area contributed by atoms with Crippen LogP contribution < -0.4 is 11.0 Å². The van der Waals surface area contributed by atoms with Crippen LogP contribution in [0.5, 0.6) is 0 Å². The van der Waals surface area contributed by atoms with Crippen molar-refractivity contribution in [1.29, 1.82) is 0 Å². The first-order valence-electron chi connectivity index (χ1n) is 9.85. The second kappa shape index (κ2) is 8.65. The van der Waals surface area contributed by atoms with Gasteiger partial charge in [0.1, 0.15) is 5.82 Å². The van der Waals surface area contributed by atoms with Gasteiger partial charge in [-0.05, 0) is 58.2 Å². The van der Waals surface area contributed by atoms with Crippen molar-refractivity contribution in [2.24, 2.45) is 0 Å². The normalized spacial score (nSPS) is 21.1. The number of aryl methyl sites for hydroxylation is 2. The zero-order valence-corrected chi connectivity index (χ0v) is 15.4. The summed E-state index contributed by atoms with van der Waals surface area (Å²) in [5, 5.41) is 7.62. The van der Waals surface area contributed by atoms with Crippen LogP contribution in [0, 0.1) is 0 Å². The number of amides is 1. The smallest absolute Gasteiger partial charge is 0.345 e. The summed E-state index contributed by atoms with van der Waals surface area (Å²) in [5.41, 5.74) is -0.00515. The molecule has 7 heteroatoms. The van der Waals surface area contributed by atoms with Crippen LogP contribution in [0.4, 0.5) is 0 Å². The van der Waals surface area contributed by atoms with E-state index in [-0.39, 0.29) is 17.6 Å². The number of nitrogens with zero attached hydrogens (tertiary/aromatic N) is 4. The summed E-state index contributed by atoms with van der Waals surface area (Å²) in [6.07, 6.45) is 7.45. The standard InChI is InChI=1S/C18H31N5O2/c1-2-10-23-18(25)22-14-9-15(7-8-16(22)20-23)19-17(24)6-5-13-21-11-3-4-12-21/h15H,2-14H2,1H3,(H,19,24). The summed E-state index contributed by atoms with van der Waals surface area (Å²) in [6, 6.07) is 0.153. The monoisotopic (exact) mass is 349 g/mol. The Bertz CT molecular complexity index is 630. The van der Waals surface area contributed by atoms with Gasteiger partial charge in [-0.25, -0.2) is 9.48 Å². The van der Waals surface area contributed by atoms with Crippen LogP contribution in [-0.2, 0) is 24.3 Å². The number of fused-ring (bicyclic) bond motifs is 1. The van der Waals surface area contributed by atoms with Gasteiger partial charge in [0.25, 0.3) is 0 Å². The Morgan fingerprint density at radius 2 is 2.00 bits per heavy atom. The average Bonchev–Trinajstić information content (AvgIpc) is 3.15. The highest BCUT2D eigenvalue weighted by Gasteiger charge is 2.22. The maximum absolute atomic E-state index is 12.3. The average molecular weight is 349 g/mol. The fraction of sp³-hybridized carbons (Fsp3) is 0.833. The summed E-state index contributed by atoms with van der Waals surface area (Å²) in [5.74, 6) is 1.01. The molecule has 0 radical (unpaired) electrons. The van der Waals surface area contributed by atoms with Crippen molar-refractivity contribution in [2.75, 3.05) is 19.6 Å². The number of carbonyl (C=O) groups excluding carboxylic acids is 1. The van der Waals surface area contributed by atoms with Crippen LogP contribution in [0.15, 0.2) is 4.79 Å². The van der Waals surface area contributed by atoms with Crippen LogP contribution >= 0.6 is 0 Å². The van der Waals surface area contributed by atoms with E-state index in [1.165, 1.54) is 25.9 Å². The molecule has 1 aromatic rings. The highest BCUT2D eigenvalue weighted by atomic mass is 16.2. The molecule has 1 fully saturated rings. The zero-order valence-electron chi connectivity index (χ0n) is 15.4. The molecule has 7 nitrogen and oxygen atoms in total. The zero-order chi connectivity index (χ0) is 17.6. The van der Waals surface area contributed by atoms with Crippen molar-refractivity contribution in [3.05, 3.63) is 16.3 Å². The van der Waals surface area contributed by atoms with Gasteiger partial charge in [-0.15, -0.1) is 0 Å². The van der Waals surface area contributed by atoms with E-state index >= 15 is 0 Å². The summed E-state index contributed by atoms with van der Waals surface area (Å²) in [7, 11) is 0. The number of likely N-dealkylation sites (tertiary alicyclic amines) is 1. The van der Waals surface area contributed by atoms with Crippen molar-refractivity contribution < 1.29 is 4.79 Å². The maximum atomic E-state index is 12.3. The maximum Gasteiger partial charge on any atom is 0.345 e. The Balaban J connectivity index is 1.44. The third kappa shape index (κ3) is 4.71. The lowest BCUT2D eigenvalue weighted by molar-refractivity contribution is -0.122. The van der Waals surface area contributed by atoms with Gasteiger partial charge in [-0.3, -0.25) is 9.36 Å². The lowest BCUT2D eigenvalue weighted by atomic mass is 10.1. The largest absolute Gasteiger partial charge is 0.353 e. The Morgan fingerprint density at radius 3 is 2.76 bits per heavy atom. The van der Waals surface area contributed by atoms with Crippen LogP contribution in [0.3, 0.4) is 0 Å². The first kappa shape index (κ1) is 18.2. The number of aromatic nitrogens is 3. The van der Waals surface area contributed by atoms with E-state index in [0.29, 0.717) is 19.5 Å². The third-order valence-corrected chi connectivity index (χ3v) is 5.29. The topological polar surface area (TPSA) is 72.2 Å². The molecule has 1 unspecified atom stereocenters. The molecule has 1 atom stereocenters. The van der Waals surface area contributed by atoms with E-state index in [1.54, 1.807) is 9.25 Å². The summed E-state index contributed by atoms with van der Waals surface area (Å²) < 4.78 is 3.36. The van der Waals surface area contributed by atoms with Crippen LogP contribution in [0.25, 0.3) is 0 Å². The number of hydrogen-bond acceptors (Lipinski definition) is 4. The second-order valence-electron chi connectivity index (χ2n) is 7.32. The lowest BCUT2D eigenvalue weighted by Crippen LogP contribution is -2.36. The number of hydrogen-bond donors (Lipinski definition) is 1. The molecule has 1 amide bonds. The van der Waals surface area contributed by atoms with E-state index < -0.39 is 0 Å². The van der Waals surface area contributed by atoms with E-state index in [2.05, 4.69) is 15.3 Å². The molecule has 3 heterocycles. The number of carbonyl (C=O) groups is 1. The highest BCUT2D eigenvalue weighted by molar-refractivity contribution is 5.76. The fourth-order valence-electron chi connectivity index (χ4n) is 3.90. The van der Waals surface area contributed by atoms with Gasteiger partial charge in [-0.2, -0.15) is 5.10 Å². The Morgan fingerprint density at radius 1 is 1.20 bits per heavy atom. The first-order chi connectivity index (χ1) is 12.2. The lowest BCUT2D eigenvalue weighted by Gasteiger charge is -2.17.